The third kappa shape index (κ3) is 24.2. The van der Waals surface area contributed by atoms with Gasteiger partial charge in [-0.15, -0.1) is 0 Å². The zero-order chi connectivity index (χ0) is 32.0. The molecule has 6 heteroatoms. The van der Waals surface area contributed by atoms with E-state index in [2.05, 4.69) is 13.8 Å². The Morgan fingerprint density at radius 3 is 1.26 bits per heavy atom. The van der Waals surface area contributed by atoms with Crippen LogP contribution in [-0.4, -0.2) is 40.9 Å². The highest BCUT2D eigenvalue weighted by molar-refractivity contribution is 5.77. The van der Waals surface area contributed by atoms with E-state index in [0.29, 0.717) is 13.0 Å². The van der Waals surface area contributed by atoms with Crippen molar-refractivity contribution >= 4 is 5.91 Å². The normalized spacial score (nSPS) is 15.3. The first kappa shape index (κ1) is 42.3. The second kappa shape index (κ2) is 30.0. The Bertz CT molecular complexity index is 602. The summed E-state index contributed by atoms with van der Waals surface area (Å²) in [4.78, 5) is 12.5. The number of hydrogen-bond donors (Lipinski definition) is 3. The van der Waals surface area contributed by atoms with Crippen molar-refractivity contribution in [2.24, 2.45) is 11.7 Å². The summed E-state index contributed by atoms with van der Waals surface area (Å²) in [7, 11) is 0. The quantitative estimate of drug-likeness (QED) is 0.0495. The minimum absolute atomic E-state index is 0.338. The lowest BCUT2D eigenvalue weighted by Gasteiger charge is -2.39. The third-order valence-corrected chi connectivity index (χ3v) is 9.00. The highest BCUT2D eigenvalue weighted by atomic mass is 16.7. The van der Waals surface area contributed by atoms with Gasteiger partial charge in [0.2, 0.25) is 11.7 Å². The number of unbranched alkanes of at least 4 members (excludes halogenated alkanes) is 24. The predicted octanol–water partition coefficient (Wildman–Crippen LogP) is 10.1. The highest BCUT2D eigenvalue weighted by Gasteiger charge is 2.47. The molecule has 0 bridgehead atoms. The van der Waals surface area contributed by atoms with Gasteiger partial charge in [0, 0.05) is 0 Å². The van der Waals surface area contributed by atoms with Gasteiger partial charge in [0.05, 0.1) is 12.5 Å². The largest absolute Gasteiger partial charge is 0.369 e. The summed E-state index contributed by atoms with van der Waals surface area (Å²) in [6.45, 7) is 8.00. The van der Waals surface area contributed by atoms with Gasteiger partial charge in [0.15, 0.2) is 6.29 Å². The molecule has 0 fully saturated rings. The van der Waals surface area contributed by atoms with Crippen molar-refractivity contribution in [1.82, 2.24) is 0 Å². The molecule has 0 saturated heterocycles. The summed E-state index contributed by atoms with van der Waals surface area (Å²) < 4.78 is 11.5. The zero-order valence-corrected chi connectivity index (χ0v) is 29.2. The average Bonchev–Trinajstić information content (AvgIpc) is 2.96. The Balaban J connectivity index is 4.32. The number of primary amides is 1. The van der Waals surface area contributed by atoms with E-state index in [1.807, 2.05) is 0 Å². The maximum atomic E-state index is 12.5. The summed E-state index contributed by atoms with van der Waals surface area (Å²) in [5.41, 5.74) is 5.79. The first-order valence-corrected chi connectivity index (χ1v) is 18.8. The molecule has 6 nitrogen and oxygen atoms in total. The van der Waals surface area contributed by atoms with Crippen LogP contribution < -0.4 is 5.73 Å². The van der Waals surface area contributed by atoms with Crippen LogP contribution in [-0.2, 0) is 14.3 Å². The summed E-state index contributed by atoms with van der Waals surface area (Å²) in [6, 6.07) is 0. The standard InChI is InChI=1S/C37H75NO5/c1-5-7-9-11-13-15-17-19-20-22-24-26-28-30-32-42-37(41,33(3)43-34(4)39)35(36(38)40)31-29-27-25-23-21-18-16-14-12-10-8-6-2/h33-35,39,41H,5-32H2,1-4H3,(H2,38,40). The number of aliphatic hydroxyl groups is 2. The molecule has 0 aromatic heterocycles. The van der Waals surface area contributed by atoms with Crippen molar-refractivity contribution in [2.75, 3.05) is 6.61 Å². The minimum Gasteiger partial charge on any atom is -0.369 e. The maximum absolute atomic E-state index is 12.5. The summed E-state index contributed by atoms with van der Waals surface area (Å²) >= 11 is 0. The monoisotopic (exact) mass is 614 g/mol. The van der Waals surface area contributed by atoms with E-state index in [1.54, 1.807) is 6.92 Å². The summed E-state index contributed by atoms with van der Waals surface area (Å²) in [5, 5.41) is 21.4. The number of carbonyl (C=O) groups excluding carboxylic acids is 1. The van der Waals surface area contributed by atoms with Crippen molar-refractivity contribution in [3.63, 3.8) is 0 Å². The molecule has 0 radical (unpaired) electrons. The smallest absolute Gasteiger partial charge is 0.226 e. The molecular weight excluding hydrogens is 538 g/mol. The Kier molecular flexibility index (Phi) is 29.5. The van der Waals surface area contributed by atoms with Crippen molar-refractivity contribution in [3.05, 3.63) is 0 Å². The third-order valence-electron chi connectivity index (χ3n) is 9.00. The predicted molar refractivity (Wildman–Crippen MR) is 182 cm³/mol. The van der Waals surface area contributed by atoms with E-state index in [-0.39, 0.29) is 0 Å². The number of ether oxygens (including phenoxy) is 2. The van der Waals surface area contributed by atoms with Crippen molar-refractivity contribution in [2.45, 2.75) is 219 Å². The van der Waals surface area contributed by atoms with Gasteiger partial charge in [-0.2, -0.15) is 0 Å². The molecule has 0 aliphatic rings. The van der Waals surface area contributed by atoms with Gasteiger partial charge in [-0.1, -0.05) is 174 Å². The van der Waals surface area contributed by atoms with Crippen LogP contribution in [0.4, 0.5) is 0 Å². The van der Waals surface area contributed by atoms with Crippen LogP contribution in [0.5, 0.6) is 0 Å². The molecular formula is C37H75NO5. The molecule has 4 N–H and O–H groups in total. The summed E-state index contributed by atoms with van der Waals surface area (Å²) in [5.74, 6) is -3.31. The van der Waals surface area contributed by atoms with Crippen LogP contribution in [0.25, 0.3) is 0 Å². The van der Waals surface area contributed by atoms with Gasteiger partial charge in [-0.05, 0) is 26.7 Å². The maximum Gasteiger partial charge on any atom is 0.226 e. The van der Waals surface area contributed by atoms with Crippen LogP contribution in [0.1, 0.15) is 201 Å². The Labute approximate surface area is 267 Å². The van der Waals surface area contributed by atoms with Gasteiger partial charge >= 0.3 is 0 Å². The van der Waals surface area contributed by atoms with E-state index in [1.165, 1.54) is 135 Å². The topological polar surface area (TPSA) is 102 Å². The first-order valence-electron chi connectivity index (χ1n) is 18.8. The molecule has 4 unspecified atom stereocenters. The van der Waals surface area contributed by atoms with Gasteiger partial charge in [-0.3, -0.25) is 4.79 Å². The number of hydrogen-bond acceptors (Lipinski definition) is 5. The molecule has 0 heterocycles. The van der Waals surface area contributed by atoms with E-state index in [4.69, 9.17) is 15.2 Å². The van der Waals surface area contributed by atoms with Gasteiger partial charge < -0.3 is 25.4 Å². The molecule has 0 saturated carbocycles. The average molecular weight is 614 g/mol. The number of aliphatic hydroxyl groups excluding tert-OH is 1. The van der Waals surface area contributed by atoms with Crippen molar-refractivity contribution in [1.29, 1.82) is 0 Å². The second-order valence-electron chi connectivity index (χ2n) is 13.2. The van der Waals surface area contributed by atoms with Gasteiger partial charge in [0.25, 0.3) is 0 Å². The van der Waals surface area contributed by atoms with E-state index in [9.17, 15) is 15.0 Å². The van der Waals surface area contributed by atoms with E-state index < -0.39 is 30.0 Å². The fourth-order valence-electron chi connectivity index (χ4n) is 6.17. The van der Waals surface area contributed by atoms with Crippen LogP contribution >= 0.6 is 0 Å². The van der Waals surface area contributed by atoms with E-state index in [0.717, 1.165) is 38.5 Å². The van der Waals surface area contributed by atoms with Crippen LogP contribution in [0, 0.1) is 5.92 Å². The molecule has 0 aliphatic carbocycles. The molecule has 0 rings (SSSR count). The fraction of sp³-hybridized carbons (Fsp3) is 0.973. The van der Waals surface area contributed by atoms with Crippen molar-refractivity contribution < 1.29 is 24.5 Å². The molecule has 258 valence electrons. The van der Waals surface area contributed by atoms with Crippen LogP contribution in [0.15, 0.2) is 0 Å². The van der Waals surface area contributed by atoms with Crippen LogP contribution in [0.3, 0.4) is 0 Å². The van der Waals surface area contributed by atoms with Crippen LogP contribution in [0.2, 0.25) is 0 Å². The van der Waals surface area contributed by atoms with Crippen molar-refractivity contribution in [3.8, 4) is 0 Å². The molecule has 4 atom stereocenters. The molecule has 1 amide bonds. The number of carbonyl (C=O) groups is 1. The lowest BCUT2D eigenvalue weighted by molar-refractivity contribution is -0.306. The lowest BCUT2D eigenvalue weighted by atomic mass is 9.87. The number of rotatable bonds is 34. The Hall–Kier alpha value is -0.690. The highest BCUT2D eigenvalue weighted by Crippen LogP contribution is 2.31. The Morgan fingerprint density at radius 2 is 0.930 bits per heavy atom. The first-order chi connectivity index (χ1) is 20.8. The Morgan fingerprint density at radius 1 is 0.605 bits per heavy atom. The second-order valence-corrected chi connectivity index (χ2v) is 13.2. The SMILES string of the molecule is CCCCCCCCCCCCCCCCOC(O)(C(C)OC(C)O)C(CCCCCCCCCCCCCC)C(N)=O. The molecule has 0 aliphatic heterocycles. The molecule has 0 aromatic carbocycles. The zero-order valence-electron chi connectivity index (χ0n) is 29.2. The van der Waals surface area contributed by atoms with Gasteiger partial charge in [-0.25, -0.2) is 0 Å². The lowest BCUT2D eigenvalue weighted by Crippen LogP contribution is -2.56. The summed E-state index contributed by atoms with van der Waals surface area (Å²) in [6.07, 6.45) is 31.1. The van der Waals surface area contributed by atoms with Gasteiger partial charge in [0.1, 0.15) is 6.10 Å². The molecule has 0 spiro atoms. The fourth-order valence-corrected chi connectivity index (χ4v) is 6.17. The molecule has 43 heavy (non-hydrogen) atoms. The molecule has 0 aromatic rings. The number of amides is 1. The minimum atomic E-state index is -1.85. The van der Waals surface area contributed by atoms with E-state index >= 15 is 0 Å². The number of nitrogens with two attached hydrogens (primary N) is 1.